The predicted octanol–water partition coefficient (Wildman–Crippen LogP) is 1.84. The van der Waals surface area contributed by atoms with Crippen molar-refractivity contribution in [1.82, 2.24) is 0 Å². The van der Waals surface area contributed by atoms with Crippen LogP contribution in [0.1, 0.15) is 13.8 Å². The van der Waals surface area contributed by atoms with Crippen LogP contribution in [-0.4, -0.2) is 24.6 Å². The zero-order valence-electron chi connectivity index (χ0n) is 9.47. The van der Waals surface area contributed by atoms with E-state index in [9.17, 15) is 9.59 Å². The topological polar surface area (TPSA) is 55.7 Å². The van der Waals surface area contributed by atoms with Gasteiger partial charge in [-0.3, -0.25) is 9.79 Å². The lowest BCUT2D eigenvalue weighted by Crippen LogP contribution is -1.98. The molecule has 0 radical (unpaired) electrons. The van der Waals surface area contributed by atoms with Crippen molar-refractivity contribution in [3.8, 4) is 0 Å². The molecule has 0 atom stereocenters. The van der Waals surface area contributed by atoms with Crippen molar-refractivity contribution in [3.63, 3.8) is 0 Å². The number of carbonyl (C=O) groups excluding carboxylic acids is 2. The zero-order valence-corrected chi connectivity index (χ0v) is 9.47. The molecule has 0 spiro atoms. The number of carbonyl (C=O) groups is 2. The first-order chi connectivity index (χ1) is 7.61. The highest BCUT2D eigenvalue weighted by molar-refractivity contribution is 5.99. The molecule has 0 aromatic heterocycles. The van der Waals surface area contributed by atoms with Crippen LogP contribution >= 0.6 is 0 Å². The number of rotatable bonds is 6. The second-order valence-electron chi connectivity index (χ2n) is 2.75. The molecule has 0 saturated carbocycles. The zero-order chi connectivity index (χ0) is 12.4. The number of esters is 1. The van der Waals surface area contributed by atoms with Gasteiger partial charge in [0.2, 0.25) is 0 Å². The van der Waals surface area contributed by atoms with Crippen LogP contribution in [0.4, 0.5) is 0 Å². The molecule has 4 heteroatoms. The molecule has 0 heterocycles. The third-order valence-corrected chi connectivity index (χ3v) is 1.55. The van der Waals surface area contributed by atoms with Gasteiger partial charge in [-0.25, -0.2) is 4.79 Å². The van der Waals surface area contributed by atoms with Crippen LogP contribution in [0.15, 0.2) is 41.6 Å². The van der Waals surface area contributed by atoms with E-state index in [1.165, 1.54) is 37.6 Å². The van der Waals surface area contributed by atoms with E-state index >= 15 is 0 Å². The molecule has 0 unspecified atom stereocenters. The Morgan fingerprint density at radius 3 is 2.62 bits per heavy atom. The summed E-state index contributed by atoms with van der Waals surface area (Å²) in [4.78, 5) is 25.6. The summed E-state index contributed by atoms with van der Waals surface area (Å²) in [5.74, 6) is -0.532. The number of Topliss-reactive ketones (excluding diaryl/α,β-unsaturated/α-hetero) is 1. The van der Waals surface area contributed by atoms with E-state index < -0.39 is 5.97 Å². The summed E-state index contributed by atoms with van der Waals surface area (Å²) in [6.45, 7) is 6.99. The Kier molecular flexibility index (Phi) is 7.32. The summed E-state index contributed by atoms with van der Waals surface area (Å²) < 4.78 is 4.64. The lowest BCUT2D eigenvalue weighted by Gasteiger charge is -1.92. The minimum atomic E-state index is -0.445. The van der Waals surface area contributed by atoms with Gasteiger partial charge >= 0.3 is 5.97 Å². The fourth-order valence-electron chi connectivity index (χ4n) is 0.796. The molecule has 0 rings (SSSR count). The molecule has 0 aromatic rings. The lowest BCUT2D eigenvalue weighted by molar-refractivity contribution is -0.137. The molecule has 0 aliphatic rings. The fourth-order valence-corrected chi connectivity index (χ4v) is 0.796. The molecule has 0 saturated heterocycles. The smallest absolute Gasteiger partial charge is 0.332 e. The van der Waals surface area contributed by atoms with Gasteiger partial charge in [-0.15, -0.1) is 0 Å². The van der Waals surface area contributed by atoms with Gasteiger partial charge in [-0.1, -0.05) is 12.7 Å². The van der Waals surface area contributed by atoms with Gasteiger partial charge < -0.3 is 4.74 Å². The van der Waals surface area contributed by atoms with Crippen LogP contribution in [-0.2, 0) is 14.3 Å². The van der Waals surface area contributed by atoms with E-state index in [1.54, 1.807) is 6.92 Å². The van der Waals surface area contributed by atoms with Gasteiger partial charge in [0.05, 0.1) is 6.61 Å². The van der Waals surface area contributed by atoms with Crippen LogP contribution in [0.5, 0.6) is 0 Å². The van der Waals surface area contributed by atoms with Crippen molar-refractivity contribution in [2.24, 2.45) is 4.99 Å². The minimum absolute atomic E-state index is 0.0872. The minimum Gasteiger partial charge on any atom is -0.463 e. The number of nitrogens with zero attached hydrogens (tertiary/aromatic N) is 1. The molecule has 86 valence electrons. The maximum atomic E-state index is 10.9. The summed E-state index contributed by atoms with van der Waals surface area (Å²) in [5, 5.41) is 0. The first kappa shape index (κ1) is 14.0. The third kappa shape index (κ3) is 6.48. The summed E-state index contributed by atoms with van der Waals surface area (Å²) in [6, 6.07) is 0. The average molecular weight is 221 g/mol. The van der Waals surface area contributed by atoms with Crippen molar-refractivity contribution in [3.05, 3.63) is 36.6 Å². The van der Waals surface area contributed by atoms with E-state index in [2.05, 4.69) is 16.3 Å². The highest BCUT2D eigenvalue weighted by atomic mass is 16.5. The Morgan fingerprint density at radius 2 is 2.12 bits per heavy atom. The first-order valence-corrected chi connectivity index (χ1v) is 4.82. The van der Waals surface area contributed by atoms with Crippen molar-refractivity contribution in [1.29, 1.82) is 0 Å². The molecule has 16 heavy (non-hydrogen) atoms. The van der Waals surface area contributed by atoms with E-state index in [4.69, 9.17) is 0 Å². The van der Waals surface area contributed by atoms with Gasteiger partial charge in [0, 0.05) is 24.1 Å². The maximum Gasteiger partial charge on any atom is 0.332 e. The SMILES string of the molecule is C=C\C(=C/C=N/C=C/C(=O)OCC)C(C)=O. The molecule has 4 nitrogen and oxygen atoms in total. The van der Waals surface area contributed by atoms with Crippen LogP contribution < -0.4 is 0 Å². The molecule has 0 fully saturated rings. The molecule has 0 aliphatic heterocycles. The van der Waals surface area contributed by atoms with Crippen molar-refractivity contribution in [2.75, 3.05) is 6.61 Å². The second-order valence-corrected chi connectivity index (χ2v) is 2.75. The summed E-state index contributed by atoms with van der Waals surface area (Å²) in [5.41, 5.74) is 0.466. The van der Waals surface area contributed by atoms with Gasteiger partial charge in [-0.05, 0) is 19.9 Å². The normalized spacial score (nSPS) is 12.0. The number of hydrogen-bond donors (Lipinski definition) is 0. The van der Waals surface area contributed by atoms with E-state index in [-0.39, 0.29) is 5.78 Å². The summed E-state index contributed by atoms with van der Waals surface area (Å²) in [7, 11) is 0. The average Bonchev–Trinajstić information content (AvgIpc) is 2.23. The van der Waals surface area contributed by atoms with E-state index in [1.807, 2.05) is 0 Å². The Bertz CT molecular complexity index is 351. The largest absolute Gasteiger partial charge is 0.463 e. The lowest BCUT2D eigenvalue weighted by atomic mass is 10.2. The molecule has 0 aromatic carbocycles. The highest BCUT2D eigenvalue weighted by Gasteiger charge is 1.94. The predicted molar refractivity (Wildman–Crippen MR) is 63.2 cm³/mol. The van der Waals surface area contributed by atoms with Gasteiger partial charge in [0.1, 0.15) is 0 Å². The molecule has 0 amide bonds. The van der Waals surface area contributed by atoms with Crippen LogP contribution in [0.2, 0.25) is 0 Å². The molecule has 0 N–H and O–H groups in total. The summed E-state index contributed by atoms with van der Waals surface area (Å²) in [6.07, 6.45) is 6.88. The Hall–Kier alpha value is -1.97. The number of ketones is 1. The Labute approximate surface area is 95.0 Å². The number of allylic oxidation sites excluding steroid dienone is 3. The van der Waals surface area contributed by atoms with Crippen molar-refractivity contribution < 1.29 is 14.3 Å². The molecule has 0 aliphatic carbocycles. The second kappa shape index (κ2) is 8.35. The van der Waals surface area contributed by atoms with Crippen LogP contribution in [0, 0.1) is 0 Å². The number of aliphatic imine (C=N–C) groups is 1. The van der Waals surface area contributed by atoms with E-state index in [0.29, 0.717) is 12.2 Å². The van der Waals surface area contributed by atoms with Gasteiger partial charge in [0.15, 0.2) is 5.78 Å². The third-order valence-electron chi connectivity index (χ3n) is 1.55. The molecular formula is C12H15NO3. The fraction of sp³-hybridized carbons (Fsp3) is 0.250. The highest BCUT2D eigenvalue weighted by Crippen LogP contribution is 1.95. The van der Waals surface area contributed by atoms with Crippen LogP contribution in [0.3, 0.4) is 0 Å². The number of hydrogen-bond acceptors (Lipinski definition) is 4. The number of ether oxygens (including phenoxy) is 1. The Morgan fingerprint density at radius 1 is 1.44 bits per heavy atom. The quantitative estimate of drug-likeness (QED) is 0.297. The molecular weight excluding hydrogens is 206 g/mol. The van der Waals surface area contributed by atoms with E-state index in [0.717, 1.165) is 0 Å². The van der Waals surface area contributed by atoms with Crippen molar-refractivity contribution in [2.45, 2.75) is 13.8 Å². The monoisotopic (exact) mass is 221 g/mol. The first-order valence-electron chi connectivity index (χ1n) is 4.82. The van der Waals surface area contributed by atoms with Gasteiger partial charge in [0.25, 0.3) is 0 Å². The maximum absolute atomic E-state index is 10.9. The van der Waals surface area contributed by atoms with Gasteiger partial charge in [-0.2, -0.15) is 0 Å². The standard InChI is InChI=1S/C12H15NO3/c1-4-11(10(3)14)6-8-13-9-7-12(15)16-5-2/h4,6-9H,1,5H2,2-3H3/b9-7+,11-6+,13-8+. The summed E-state index contributed by atoms with van der Waals surface area (Å²) >= 11 is 0. The van der Waals surface area contributed by atoms with Crippen molar-refractivity contribution >= 4 is 18.0 Å². The molecule has 0 bridgehead atoms. The Balaban J connectivity index is 4.25. The van der Waals surface area contributed by atoms with Crippen LogP contribution in [0.25, 0.3) is 0 Å².